The normalized spacial score (nSPS) is 11.9. The minimum atomic E-state index is -3.20. The van der Waals surface area contributed by atoms with Gasteiger partial charge < -0.3 is 5.32 Å². The van der Waals surface area contributed by atoms with Crippen molar-refractivity contribution in [1.29, 1.82) is 0 Å². The first kappa shape index (κ1) is 13.8. The van der Waals surface area contributed by atoms with Crippen LogP contribution < -0.4 is 10.0 Å². The van der Waals surface area contributed by atoms with E-state index in [9.17, 15) is 8.42 Å². The van der Waals surface area contributed by atoms with Crippen molar-refractivity contribution in [3.05, 3.63) is 24.0 Å². The summed E-state index contributed by atoms with van der Waals surface area (Å²) in [6.45, 7) is 2.33. The lowest BCUT2D eigenvalue weighted by Gasteiger charge is -2.10. The third kappa shape index (κ3) is 3.21. The minimum absolute atomic E-state index is 0.00996. The lowest BCUT2D eigenvalue weighted by molar-refractivity contribution is 0.588. The summed E-state index contributed by atoms with van der Waals surface area (Å²) in [5.41, 5.74) is 1.69. The lowest BCUT2D eigenvalue weighted by Crippen LogP contribution is -2.26. The number of rotatable bonds is 6. The van der Waals surface area contributed by atoms with E-state index in [2.05, 4.69) is 20.1 Å². The Labute approximate surface area is 112 Å². The minimum Gasteiger partial charge on any atom is -0.369 e. The standard InChI is InChI=1S/C11H17N5O2S/c1-3-9-8-11(13-6-7-19(17,18)12-2)16-10(15-9)4-5-14-16/h4-5,8,12-13H,3,6-7H2,1-2H3. The van der Waals surface area contributed by atoms with Gasteiger partial charge in [0.05, 0.1) is 11.9 Å². The Kier molecular flexibility index (Phi) is 4.01. The van der Waals surface area contributed by atoms with Gasteiger partial charge in [-0.1, -0.05) is 6.92 Å². The van der Waals surface area contributed by atoms with Crippen LogP contribution in [-0.4, -0.2) is 42.4 Å². The molecule has 0 spiro atoms. The summed E-state index contributed by atoms with van der Waals surface area (Å²) in [6, 6.07) is 3.70. The second-order valence-electron chi connectivity index (χ2n) is 4.04. The van der Waals surface area contributed by atoms with Gasteiger partial charge in [-0.3, -0.25) is 0 Å². The molecule has 0 aliphatic rings. The monoisotopic (exact) mass is 283 g/mol. The van der Waals surface area contributed by atoms with E-state index >= 15 is 0 Å². The molecule has 0 unspecified atom stereocenters. The van der Waals surface area contributed by atoms with Crippen molar-refractivity contribution in [1.82, 2.24) is 19.3 Å². The predicted octanol–water partition coefficient (Wildman–Crippen LogP) is 0.253. The van der Waals surface area contributed by atoms with Crippen molar-refractivity contribution < 1.29 is 8.42 Å². The third-order valence-electron chi connectivity index (χ3n) is 2.76. The molecule has 0 atom stereocenters. The van der Waals surface area contributed by atoms with Crippen LogP contribution in [-0.2, 0) is 16.4 Å². The van der Waals surface area contributed by atoms with Gasteiger partial charge in [0.15, 0.2) is 5.65 Å². The topological polar surface area (TPSA) is 88.4 Å². The molecule has 2 aromatic rings. The fraction of sp³-hybridized carbons (Fsp3) is 0.455. The number of aromatic nitrogens is 3. The number of hydrogen-bond donors (Lipinski definition) is 2. The molecule has 2 heterocycles. The van der Waals surface area contributed by atoms with E-state index in [4.69, 9.17) is 0 Å². The summed E-state index contributed by atoms with van der Waals surface area (Å²) < 4.78 is 26.6. The Bertz CT molecular complexity index is 665. The maximum Gasteiger partial charge on any atom is 0.213 e. The maximum absolute atomic E-state index is 11.3. The highest BCUT2D eigenvalue weighted by Crippen LogP contribution is 2.12. The molecular formula is C11H17N5O2S. The average Bonchev–Trinajstić information content (AvgIpc) is 2.86. The number of nitrogens with zero attached hydrogens (tertiary/aromatic N) is 3. The molecule has 7 nitrogen and oxygen atoms in total. The highest BCUT2D eigenvalue weighted by Gasteiger charge is 2.08. The van der Waals surface area contributed by atoms with Crippen LogP contribution in [0.1, 0.15) is 12.6 Å². The zero-order chi connectivity index (χ0) is 13.9. The maximum atomic E-state index is 11.3. The molecular weight excluding hydrogens is 266 g/mol. The summed E-state index contributed by atoms with van der Waals surface area (Å²) in [5.74, 6) is 0.758. The van der Waals surface area contributed by atoms with Gasteiger partial charge in [0, 0.05) is 24.4 Å². The highest BCUT2D eigenvalue weighted by molar-refractivity contribution is 7.89. The van der Waals surface area contributed by atoms with Crippen LogP contribution in [0.25, 0.3) is 5.65 Å². The Balaban J connectivity index is 2.17. The number of anilines is 1. The highest BCUT2D eigenvalue weighted by atomic mass is 32.2. The van der Waals surface area contributed by atoms with Crippen LogP contribution >= 0.6 is 0 Å². The molecule has 0 aliphatic heterocycles. The summed E-state index contributed by atoms with van der Waals surface area (Å²) in [4.78, 5) is 4.42. The fourth-order valence-electron chi connectivity index (χ4n) is 1.69. The van der Waals surface area contributed by atoms with E-state index < -0.39 is 10.0 Å². The zero-order valence-corrected chi connectivity index (χ0v) is 11.7. The Morgan fingerprint density at radius 2 is 2.21 bits per heavy atom. The molecule has 0 aromatic carbocycles. The van der Waals surface area contributed by atoms with Crippen molar-refractivity contribution in [2.24, 2.45) is 0 Å². The van der Waals surface area contributed by atoms with E-state index in [1.807, 2.05) is 19.1 Å². The van der Waals surface area contributed by atoms with Crippen molar-refractivity contribution in [2.45, 2.75) is 13.3 Å². The molecule has 0 radical (unpaired) electrons. The average molecular weight is 283 g/mol. The van der Waals surface area contributed by atoms with Gasteiger partial charge in [0.1, 0.15) is 5.82 Å². The summed E-state index contributed by atoms with van der Waals surface area (Å²) in [6.07, 6.45) is 2.47. The van der Waals surface area contributed by atoms with Crippen molar-refractivity contribution in [3.8, 4) is 0 Å². The van der Waals surface area contributed by atoms with Crippen molar-refractivity contribution in [3.63, 3.8) is 0 Å². The Morgan fingerprint density at radius 3 is 2.89 bits per heavy atom. The molecule has 0 aliphatic carbocycles. The molecule has 0 amide bonds. The number of sulfonamides is 1. The molecule has 0 saturated heterocycles. The predicted molar refractivity (Wildman–Crippen MR) is 73.7 cm³/mol. The first-order chi connectivity index (χ1) is 9.05. The molecule has 104 valence electrons. The van der Waals surface area contributed by atoms with Gasteiger partial charge >= 0.3 is 0 Å². The van der Waals surface area contributed by atoms with Crippen LogP contribution in [0, 0.1) is 0 Å². The van der Waals surface area contributed by atoms with Gasteiger partial charge in [0.25, 0.3) is 0 Å². The SMILES string of the molecule is CCc1cc(NCCS(=O)(=O)NC)n2nccc2n1. The lowest BCUT2D eigenvalue weighted by atomic mass is 10.3. The largest absolute Gasteiger partial charge is 0.369 e. The molecule has 2 aromatic heterocycles. The number of fused-ring (bicyclic) bond motifs is 1. The summed E-state index contributed by atoms with van der Waals surface area (Å²) in [7, 11) is -1.80. The summed E-state index contributed by atoms with van der Waals surface area (Å²) >= 11 is 0. The van der Waals surface area contributed by atoms with E-state index in [1.165, 1.54) is 7.05 Å². The first-order valence-electron chi connectivity index (χ1n) is 6.04. The van der Waals surface area contributed by atoms with Crippen LogP contribution in [0.3, 0.4) is 0 Å². The number of nitrogens with one attached hydrogen (secondary N) is 2. The molecule has 8 heteroatoms. The fourth-order valence-corrected chi connectivity index (χ4v) is 2.26. The van der Waals surface area contributed by atoms with Gasteiger partial charge in [-0.25, -0.2) is 18.1 Å². The van der Waals surface area contributed by atoms with Gasteiger partial charge in [0.2, 0.25) is 10.0 Å². The van der Waals surface area contributed by atoms with Gasteiger partial charge in [-0.15, -0.1) is 0 Å². The van der Waals surface area contributed by atoms with Crippen LogP contribution in [0.5, 0.6) is 0 Å². The number of aryl methyl sites for hydroxylation is 1. The van der Waals surface area contributed by atoms with E-state index in [0.717, 1.165) is 23.6 Å². The van der Waals surface area contributed by atoms with Gasteiger partial charge in [-0.05, 0) is 13.5 Å². The van der Waals surface area contributed by atoms with Crippen LogP contribution in [0.4, 0.5) is 5.82 Å². The second-order valence-corrected chi connectivity index (χ2v) is 6.08. The molecule has 0 saturated carbocycles. The molecule has 0 fully saturated rings. The molecule has 2 N–H and O–H groups in total. The third-order valence-corrected chi connectivity index (χ3v) is 4.13. The number of hydrogen-bond acceptors (Lipinski definition) is 5. The zero-order valence-electron chi connectivity index (χ0n) is 10.9. The quantitative estimate of drug-likeness (QED) is 0.793. The Morgan fingerprint density at radius 1 is 1.42 bits per heavy atom. The Hall–Kier alpha value is -1.67. The van der Waals surface area contributed by atoms with Crippen molar-refractivity contribution >= 4 is 21.5 Å². The van der Waals surface area contributed by atoms with E-state index in [1.54, 1.807) is 10.7 Å². The van der Waals surface area contributed by atoms with Crippen LogP contribution in [0.15, 0.2) is 18.3 Å². The second kappa shape index (κ2) is 5.54. The van der Waals surface area contributed by atoms with Crippen molar-refractivity contribution in [2.75, 3.05) is 24.7 Å². The van der Waals surface area contributed by atoms with Gasteiger partial charge in [-0.2, -0.15) is 9.61 Å². The molecule has 0 bridgehead atoms. The van der Waals surface area contributed by atoms with E-state index in [0.29, 0.717) is 6.54 Å². The summed E-state index contributed by atoms with van der Waals surface area (Å²) in [5, 5.41) is 7.24. The van der Waals surface area contributed by atoms with E-state index in [-0.39, 0.29) is 5.75 Å². The smallest absolute Gasteiger partial charge is 0.213 e. The first-order valence-corrected chi connectivity index (χ1v) is 7.69. The molecule has 19 heavy (non-hydrogen) atoms. The van der Waals surface area contributed by atoms with Crippen LogP contribution in [0.2, 0.25) is 0 Å². The molecule has 2 rings (SSSR count).